The van der Waals surface area contributed by atoms with E-state index in [0.29, 0.717) is 48.3 Å². The Labute approximate surface area is 164 Å². The second kappa shape index (κ2) is 10.5. The monoisotopic (exact) mass is 393 g/mol. The maximum atomic E-state index is 12.0. The Balaban J connectivity index is 1.78. The van der Waals surface area contributed by atoms with Crippen molar-refractivity contribution in [2.24, 2.45) is 0 Å². The average molecular weight is 394 g/mol. The molecule has 2 aromatic carbocycles. The van der Waals surface area contributed by atoms with Gasteiger partial charge in [0.1, 0.15) is 5.75 Å². The Bertz CT molecular complexity index is 724. The first-order valence-electron chi connectivity index (χ1n) is 8.51. The SMILES string of the molecule is COc1cc(CNC(=O)CCCOc2ccc(Cl)cc2)cc(OC)c1OC. The Morgan fingerprint density at radius 2 is 1.63 bits per heavy atom. The first kappa shape index (κ1) is 20.7. The summed E-state index contributed by atoms with van der Waals surface area (Å²) in [5.41, 5.74) is 0.857. The molecule has 0 aliphatic rings. The van der Waals surface area contributed by atoms with E-state index in [1.807, 2.05) is 12.1 Å². The van der Waals surface area contributed by atoms with Crippen LogP contribution >= 0.6 is 11.6 Å². The van der Waals surface area contributed by atoms with Crippen LogP contribution in [0.2, 0.25) is 5.02 Å². The highest BCUT2D eigenvalue weighted by molar-refractivity contribution is 6.30. The van der Waals surface area contributed by atoms with Crippen molar-refractivity contribution in [1.29, 1.82) is 0 Å². The summed E-state index contributed by atoms with van der Waals surface area (Å²) in [6.45, 7) is 0.826. The lowest BCUT2D eigenvalue weighted by atomic mass is 10.1. The molecule has 27 heavy (non-hydrogen) atoms. The second-order valence-corrected chi connectivity index (χ2v) is 6.15. The largest absolute Gasteiger partial charge is 0.494 e. The fraction of sp³-hybridized carbons (Fsp3) is 0.350. The number of carbonyl (C=O) groups is 1. The van der Waals surface area contributed by atoms with E-state index < -0.39 is 0 Å². The van der Waals surface area contributed by atoms with Crippen molar-refractivity contribution < 1.29 is 23.7 Å². The number of hydrogen-bond donors (Lipinski definition) is 1. The van der Waals surface area contributed by atoms with Gasteiger partial charge in [0.2, 0.25) is 11.7 Å². The Morgan fingerprint density at radius 3 is 2.19 bits per heavy atom. The minimum atomic E-state index is -0.0524. The number of halogens is 1. The molecule has 2 aromatic rings. The number of ether oxygens (including phenoxy) is 4. The molecule has 0 radical (unpaired) electrons. The number of rotatable bonds is 10. The first-order chi connectivity index (χ1) is 13.1. The molecule has 0 bridgehead atoms. The van der Waals surface area contributed by atoms with Gasteiger partial charge in [0, 0.05) is 18.0 Å². The van der Waals surface area contributed by atoms with Gasteiger partial charge in [-0.05, 0) is 48.4 Å². The molecule has 0 aliphatic heterocycles. The number of hydrogen-bond acceptors (Lipinski definition) is 5. The third-order valence-corrected chi connectivity index (χ3v) is 4.10. The molecular weight excluding hydrogens is 370 g/mol. The van der Waals surface area contributed by atoms with Gasteiger partial charge in [-0.25, -0.2) is 0 Å². The Hall–Kier alpha value is -2.60. The summed E-state index contributed by atoms with van der Waals surface area (Å²) in [6, 6.07) is 10.7. The Morgan fingerprint density at radius 1 is 1.00 bits per heavy atom. The van der Waals surface area contributed by atoms with Gasteiger partial charge in [-0.2, -0.15) is 0 Å². The van der Waals surface area contributed by atoms with Crippen molar-refractivity contribution in [2.45, 2.75) is 19.4 Å². The maximum Gasteiger partial charge on any atom is 0.220 e. The average Bonchev–Trinajstić information content (AvgIpc) is 2.70. The van der Waals surface area contributed by atoms with Crippen molar-refractivity contribution >= 4 is 17.5 Å². The highest BCUT2D eigenvalue weighted by Crippen LogP contribution is 2.38. The predicted molar refractivity (Wildman–Crippen MR) is 104 cm³/mol. The van der Waals surface area contributed by atoms with Crippen molar-refractivity contribution in [3.05, 3.63) is 47.0 Å². The fourth-order valence-electron chi connectivity index (χ4n) is 2.48. The van der Waals surface area contributed by atoms with E-state index in [1.54, 1.807) is 45.6 Å². The van der Waals surface area contributed by atoms with E-state index >= 15 is 0 Å². The van der Waals surface area contributed by atoms with Gasteiger partial charge < -0.3 is 24.3 Å². The third kappa shape index (κ3) is 6.25. The summed E-state index contributed by atoms with van der Waals surface area (Å²) in [5.74, 6) is 2.31. The zero-order valence-electron chi connectivity index (χ0n) is 15.7. The van der Waals surface area contributed by atoms with E-state index in [4.69, 9.17) is 30.5 Å². The van der Waals surface area contributed by atoms with Gasteiger partial charge in [-0.15, -0.1) is 0 Å². The topological polar surface area (TPSA) is 66.0 Å². The molecule has 0 saturated carbocycles. The van der Waals surface area contributed by atoms with E-state index in [9.17, 15) is 4.79 Å². The number of benzene rings is 2. The summed E-state index contributed by atoms with van der Waals surface area (Å²) in [7, 11) is 4.66. The van der Waals surface area contributed by atoms with E-state index in [2.05, 4.69) is 5.32 Å². The predicted octanol–water partition coefficient (Wildman–Crippen LogP) is 3.84. The lowest BCUT2D eigenvalue weighted by Gasteiger charge is -2.14. The quantitative estimate of drug-likeness (QED) is 0.621. The van der Waals surface area contributed by atoms with Gasteiger partial charge in [0.05, 0.1) is 27.9 Å². The van der Waals surface area contributed by atoms with Gasteiger partial charge in [-0.1, -0.05) is 11.6 Å². The second-order valence-electron chi connectivity index (χ2n) is 5.72. The summed E-state index contributed by atoms with van der Waals surface area (Å²) >= 11 is 5.82. The van der Waals surface area contributed by atoms with Crippen LogP contribution < -0.4 is 24.3 Å². The third-order valence-electron chi connectivity index (χ3n) is 3.84. The smallest absolute Gasteiger partial charge is 0.220 e. The van der Waals surface area contributed by atoms with Crippen LogP contribution in [0, 0.1) is 0 Å². The van der Waals surface area contributed by atoms with E-state index in [-0.39, 0.29) is 5.91 Å². The molecule has 2 rings (SSSR count). The van der Waals surface area contributed by atoms with Crippen LogP contribution in [0.3, 0.4) is 0 Å². The van der Waals surface area contributed by atoms with Crippen LogP contribution in [0.1, 0.15) is 18.4 Å². The summed E-state index contributed by atoms with van der Waals surface area (Å²) in [6.07, 6.45) is 0.988. The molecule has 0 heterocycles. The van der Waals surface area contributed by atoms with Crippen molar-refractivity contribution in [2.75, 3.05) is 27.9 Å². The van der Waals surface area contributed by atoms with Gasteiger partial charge in [-0.3, -0.25) is 4.79 Å². The molecule has 1 N–H and O–H groups in total. The summed E-state index contributed by atoms with van der Waals surface area (Å²) < 4.78 is 21.5. The first-order valence-corrected chi connectivity index (χ1v) is 8.89. The molecular formula is C20H24ClNO5. The molecule has 0 unspecified atom stereocenters. The molecule has 0 fully saturated rings. The molecule has 6 nitrogen and oxygen atoms in total. The minimum absolute atomic E-state index is 0.0524. The van der Waals surface area contributed by atoms with Gasteiger partial charge in [0.25, 0.3) is 0 Å². The minimum Gasteiger partial charge on any atom is -0.494 e. The van der Waals surface area contributed by atoms with Crippen LogP contribution in [0.25, 0.3) is 0 Å². The van der Waals surface area contributed by atoms with Crippen molar-refractivity contribution in [3.63, 3.8) is 0 Å². The van der Waals surface area contributed by atoms with Crippen LogP contribution in [0.5, 0.6) is 23.0 Å². The molecule has 0 saturated heterocycles. The zero-order chi connectivity index (χ0) is 19.6. The van der Waals surface area contributed by atoms with Crippen LogP contribution in [0.15, 0.2) is 36.4 Å². The van der Waals surface area contributed by atoms with E-state index in [1.165, 1.54) is 0 Å². The number of nitrogens with one attached hydrogen (secondary N) is 1. The molecule has 0 atom stereocenters. The number of amides is 1. The van der Waals surface area contributed by atoms with Gasteiger partial charge >= 0.3 is 0 Å². The number of carbonyl (C=O) groups excluding carboxylic acids is 1. The molecule has 0 aromatic heterocycles. The standard InChI is InChI=1S/C20H24ClNO5/c1-24-17-11-14(12-18(25-2)20(17)26-3)13-22-19(23)5-4-10-27-16-8-6-15(21)7-9-16/h6-9,11-12H,4-5,10,13H2,1-3H3,(H,22,23). The molecule has 1 amide bonds. The summed E-state index contributed by atoms with van der Waals surface area (Å²) in [5, 5.41) is 3.54. The highest BCUT2D eigenvalue weighted by atomic mass is 35.5. The van der Waals surface area contributed by atoms with Crippen molar-refractivity contribution in [1.82, 2.24) is 5.32 Å². The van der Waals surface area contributed by atoms with E-state index in [0.717, 1.165) is 11.3 Å². The lowest BCUT2D eigenvalue weighted by Crippen LogP contribution is -2.23. The zero-order valence-corrected chi connectivity index (χ0v) is 16.5. The van der Waals surface area contributed by atoms with Crippen molar-refractivity contribution in [3.8, 4) is 23.0 Å². The molecule has 0 aliphatic carbocycles. The maximum absolute atomic E-state index is 12.0. The normalized spacial score (nSPS) is 10.2. The summed E-state index contributed by atoms with van der Waals surface area (Å²) in [4.78, 5) is 12.0. The fourth-order valence-corrected chi connectivity index (χ4v) is 2.61. The van der Waals surface area contributed by atoms with Crippen LogP contribution in [0.4, 0.5) is 0 Å². The molecule has 146 valence electrons. The van der Waals surface area contributed by atoms with Gasteiger partial charge in [0.15, 0.2) is 11.5 Å². The molecule has 0 spiro atoms. The van der Waals surface area contributed by atoms with Crippen LogP contribution in [-0.4, -0.2) is 33.8 Å². The molecule has 7 heteroatoms. The highest BCUT2D eigenvalue weighted by Gasteiger charge is 2.13. The van der Waals surface area contributed by atoms with Crippen LogP contribution in [-0.2, 0) is 11.3 Å². The number of methoxy groups -OCH3 is 3. The lowest BCUT2D eigenvalue weighted by molar-refractivity contribution is -0.121. The Kier molecular flexibility index (Phi) is 8.07.